The number of nitrogens with one attached hydrogen (secondary N) is 1. The molecule has 138 valence electrons. The van der Waals surface area contributed by atoms with Crippen LogP contribution in [-0.4, -0.2) is 44.5 Å². The Morgan fingerprint density at radius 3 is 2.78 bits per heavy atom. The number of carbonyl (C=O) groups is 1. The van der Waals surface area contributed by atoms with Gasteiger partial charge in [-0.2, -0.15) is 0 Å². The van der Waals surface area contributed by atoms with Crippen LogP contribution in [0.5, 0.6) is 5.75 Å². The third-order valence-corrected chi connectivity index (χ3v) is 5.25. The molecular formula is C20H20N4O3. The molecule has 0 bridgehead atoms. The molecule has 1 aliphatic heterocycles. The van der Waals surface area contributed by atoms with Gasteiger partial charge in [0.15, 0.2) is 0 Å². The number of rotatable bonds is 4. The van der Waals surface area contributed by atoms with Gasteiger partial charge in [-0.1, -0.05) is 0 Å². The van der Waals surface area contributed by atoms with Crippen molar-refractivity contribution in [2.75, 3.05) is 13.1 Å². The van der Waals surface area contributed by atoms with E-state index in [1.807, 2.05) is 29.7 Å². The number of aromatic amines is 1. The van der Waals surface area contributed by atoms with E-state index in [1.165, 1.54) is 0 Å². The fraction of sp³-hybridized carbons (Fsp3) is 0.350. The van der Waals surface area contributed by atoms with Crippen LogP contribution in [0.3, 0.4) is 0 Å². The van der Waals surface area contributed by atoms with Crippen molar-refractivity contribution in [2.45, 2.75) is 31.9 Å². The first kappa shape index (κ1) is 16.1. The molecule has 1 saturated carbocycles. The van der Waals surface area contributed by atoms with Crippen LogP contribution in [0.2, 0.25) is 0 Å². The average Bonchev–Trinajstić information content (AvgIpc) is 3.31. The molecule has 1 N–H and O–H groups in total. The van der Waals surface area contributed by atoms with Crippen molar-refractivity contribution in [3.63, 3.8) is 0 Å². The fourth-order valence-corrected chi connectivity index (χ4v) is 3.67. The number of H-pyrrole nitrogens is 1. The Hall–Kier alpha value is -3.09. The van der Waals surface area contributed by atoms with Crippen LogP contribution in [-0.2, 0) is 0 Å². The topological polar surface area (TPSA) is 80.2 Å². The lowest BCUT2D eigenvalue weighted by Gasteiger charge is -2.39. The van der Waals surface area contributed by atoms with Crippen molar-refractivity contribution < 1.29 is 9.53 Å². The number of amides is 1. The highest BCUT2D eigenvalue weighted by Gasteiger charge is 2.33. The number of hydrogen-bond acceptors (Lipinski definition) is 4. The van der Waals surface area contributed by atoms with Crippen molar-refractivity contribution in [3.05, 3.63) is 58.3 Å². The van der Waals surface area contributed by atoms with Crippen LogP contribution < -0.4 is 10.3 Å². The van der Waals surface area contributed by atoms with Crippen LogP contribution >= 0.6 is 0 Å². The molecule has 1 aliphatic carbocycles. The Kier molecular flexibility index (Phi) is 3.56. The number of likely N-dealkylation sites (tertiary alicyclic amines) is 1. The highest BCUT2D eigenvalue weighted by atomic mass is 16.5. The predicted octanol–water partition coefficient (Wildman–Crippen LogP) is 2.27. The van der Waals surface area contributed by atoms with Crippen molar-refractivity contribution >= 4 is 16.9 Å². The van der Waals surface area contributed by atoms with Gasteiger partial charge in [-0.25, -0.2) is 4.98 Å². The number of carbonyl (C=O) groups excluding carboxylic acids is 1. The predicted molar refractivity (Wildman–Crippen MR) is 100 cm³/mol. The molecule has 27 heavy (non-hydrogen) atoms. The summed E-state index contributed by atoms with van der Waals surface area (Å²) in [6.07, 6.45) is 3.68. The molecule has 2 fully saturated rings. The zero-order chi connectivity index (χ0) is 18.5. The quantitative estimate of drug-likeness (QED) is 0.770. The lowest BCUT2D eigenvalue weighted by molar-refractivity contribution is 0.0176. The second-order valence-corrected chi connectivity index (χ2v) is 7.36. The van der Waals surface area contributed by atoms with E-state index in [9.17, 15) is 9.59 Å². The van der Waals surface area contributed by atoms with Gasteiger partial charge in [-0.15, -0.1) is 0 Å². The number of aryl methyl sites for hydroxylation is 1. The number of benzene rings is 1. The van der Waals surface area contributed by atoms with Gasteiger partial charge in [-0.3, -0.25) is 9.59 Å². The zero-order valence-corrected chi connectivity index (χ0v) is 15.0. The van der Waals surface area contributed by atoms with Crippen molar-refractivity contribution in [3.8, 4) is 5.75 Å². The molecule has 1 saturated heterocycles. The Bertz CT molecular complexity index is 1090. The van der Waals surface area contributed by atoms with Gasteiger partial charge in [0.05, 0.1) is 30.5 Å². The number of nitrogens with zero attached hydrogens (tertiary/aromatic N) is 3. The molecule has 3 heterocycles. The molecule has 5 rings (SSSR count). The molecule has 7 heteroatoms. The van der Waals surface area contributed by atoms with Crippen LogP contribution in [0.15, 0.2) is 41.5 Å². The molecule has 1 aromatic carbocycles. The molecule has 0 spiro atoms. The Labute approximate surface area is 155 Å². The van der Waals surface area contributed by atoms with Gasteiger partial charge in [0.1, 0.15) is 11.9 Å². The standard InChI is InChI=1S/C20H20N4O3/c1-12-6-15(8-19(25)24(12)14-3-4-14)27-16-9-23(10-16)20(26)13-2-5-17-18(7-13)22-11-21-17/h2,5-8,11,14,16H,3-4,9-10H2,1H3,(H,21,22). The first-order valence-corrected chi connectivity index (χ1v) is 9.21. The number of ether oxygens (including phenoxy) is 1. The molecule has 2 aliphatic rings. The molecule has 2 aromatic heterocycles. The maximum absolute atomic E-state index is 12.6. The van der Waals surface area contributed by atoms with E-state index in [-0.39, 0.29) is 17.6 Å². The van der Waals surface area contributed by atoms with E-state index >= 15 is 0 Å². The summed E-state index contributed by atoms with van der Waals surface area (Å²) in [5, 5.41) is 0. The third-order valence-electron chi connectivity index (χ3n) is 5.25. The molecule has 1 amide bonds. The van der Waals surface area contributed by atoms with Gasteiger partial charge >= 0.3 is 0 Å². The number of pyridine rings is 1. The Morgan fingerprint density at radius 1 is 1.22 bits per heavy atom. The SMILES string of the molecule is Cc1cc(OC2CN(C(=O)c3ccc4nc[nH]c4c3)C2)cc(=O)n1C1CC1. The first-order valence-electron chi connectivity index (χ1n) is 9.21. The van der Waals surface area contributed by atoms with E-state index in [2.05, 4.69) is 9.97 Å². The largest absolute Gasteiger partial charge is 0.486 e. The van der Waals surface area contributed by atoms with Gasteiger partial charge < -0.3 is 19.2 Å². The lowest BCUT2D eigenvalue weighted by Crippen LogP contribution is -2.56. The van der Waals surface area contributed by atoms with E-state index in [0.717, 1.165) is 29.6 Å². The molecule has 0 unspecified atom stereocenters. The molecule has 0 radical (unpaired) electrons. The van der Waals surface area contributed by atoms with Crippen molar-refractivity contribution in [1.29, 1.82) is 0 Å². The third kappa shape index (κ3) is 2.89. The fourth-order valence-electron chi connectivity index (χ4n) is 3.67. The second-order valence-electron chi connectivity index (χ2n) is 7.36. The number of fused-ring (bicyclic) bond motifs is 1. The first-order chi connectivity index (χ1) is 13.1. The normalized spacial score (nSPS) is 17.1. The van der Waals surface area contributed by atoms with Crippen molar-refractivity contribution in [2.24, 2.45) is 0 Å². The van der Waals surface area contributed by atoms with Gasteiger partial charge in [0.2, 0.25) is 0 Å². The van der Waals surface area contributed by atoms with Gasteiger partial charge in [0.25, 0.3) is 11.5 Å². The minimum Gasteiger partial charge on any atom is -0.486 e. The summed E-state index contributed by atoms with van der Waals surface area (Å²) >= 11 is 0. The summed E-state index contributed by atoms with van der Waals surface area (Å²) in [7, 11) is 0. The number of imidazole rings is 1. The summed E-state index contributed by atoms with van der Waals surface area (Å²) in [6, 6.07) is 9.28. The summed E-state index contributed by atoms with van der Waals surface area (Å²) < 4.78 is 7.76. The van der Waals surface area contributed by atoms with Gasteiger partial charge in [-0.05, 0) is 44.0 Å². The lowest BCUT2D eigenvalue weighted by atomic mass is 10.1. The summed E-state index contributed by atoms with van der Waals surface area (Å²) in [6.45, 7) is 2.98. The number of aromatic nitrogens is 3. The van der Waals surface area contributed by atoms with E-state index in [1.54, 1.807) is 23.4 Å². The van der Waals surface area contributed by atoms with Crippen LogP contribution in [0.25, 0.3) is 11.0 Å². The highest BCUT2D eigenvalue weighted by molar-refractivity contribution is 5.97. The minimum atomic E-state index is -0.0830. The molecule has 3 aromatic rings. The monoisotopic (exact) mass is 364 g/mol. The van der Waals surface area contributed by atoms with E-state index in [0.29, 0.717) is 30.4 Å². The maximum Gasteiger partial charge on any atom is 0.254 e. The van der Waals surface area contributed by atoms with Gasteiger partial charge in [0, 0.05) is 23.4 Å². The van der Waals surface area contributed by atoms with E-state index < -0.39 is 0 Å². The minimum absolute atomic E-state index is 0.00684. The zero-order valence-electron chi connectivity index (χ0n) is 15.0. The van der Waals surface area contributed by atoms with E-state index in [4.69, 9.17) is 4.74 Å². The van der Waals surface area contributed by atoms with Crippen molar-refractivity contribution in [1.82, 2.24) is 19.4 Å². The van der Waals surface area contributed by atoms with Crippen LogP contribution in [0.1, 0.15) is 34.9 Å². The smallest absolute Gasteiger partial charge is 0.254 e. The summed E-state index contributed by atoms with van der Waals surface area (Å²) in [5.74, 6) is 0.567. The molecule has 7 nitrogen and oxygen atoms in total. The highest BCUT2D eigenvalue weighted by Crippen LogP contribution is 2.35. The summed E-state index contributed by atoms with van der Waals surface area (Å²) in [4.78, 5) is 33.8. The Morgan fingerprint density at radius 2 is 2.04 bits per heavy atom. The second kappa shape index (κ2) is 5.97. The maximum atomic E-state index is 12.6. The van der Waals surface area contributed by atoms with Crippen LogP contribution in [0, 0.1) is 6.92 Å². The van der Waals surface area contributed by atoms with Crippen LogP contribution in [0.4, 0.5) is 0 Å². The molecular weight excluding hydrogens is 344 g/mol. The molecule has 0 atom stereocenters. The Balaban J connectivity index is 1.24. The summed E-state index contributed by atoms with van der Waals surface area (Å²) in [5.41, 5.74) is 3.24. The number of hydrogen-bond donors (Lipinski definition) is 1. The average molecular weight is 364 g/mol.